The van der Waals surface area contributed by atoms with Crippen LogP contribution in [0.5, 0.6) is 0 Å². The van der Waals surface area contributed by atoms with Crippen LogP contribution in [0.2, 0.25) is 5.02 Å². The highest BCUT2D eigenvalue weighted by atomic mass is 35.5. The van der Waals surface area contributed by atoms with Crippen LogP contribution in [-0.4, -0.2) is 39.8 Å². The van der Waals surface area contributed by atoms with E-state index < -0.39 is 11.5 Å². The van der Waals surface area contributed by atoms with E-state index in [1.807, 2.05) is 18.2 Å². The highest BCUT2D eigenvalue weighted by Gasteiger charge is 2.35. The van der Waals surface area contributed by atoms with Gasteiger partial charge in [0.25, 0.3) is 0 Å². The Hall–Kier alpha value is -1.89. The summed E-state index contributed by atoms with van der Waals surface area (Å²) in [4.78, 5) is 13.2. The molecule has 0 aliphatic carbocycles. The number of primary amides is 1. The minimum Gasteiger partial charge on any atom is -0.388 e. The molecular weight excluding hydrogens is 330 g/mol. The molecular formula is C17H20ClN3O3. The molecule has 1 fully saturated rings. The number of nitrogens with zero attached hydrogens (tertiary/aromatic N) is 2. The maximum Gasteiger partial charge on any atom is 0.220 e. The number of likely N-dealkylation sites (tertiary alicyclic amines) is 1. The first-order chi connectivity index (χ1) is 11.4. The Bertz CT molecular complexity index is 716. The molecule has 1 aromatic heterocycles. The Kier molecular flexibility index (Phi) is 4.89. The van der Waals surface area contributed by atoms with Crippen molar-refractivity contribution in [3.8, 4) is 11.3 Å². The van der Waals surface area contributed by atoms with Gasteiger partial charge in [0.1, 0.15) is 5.69 Å². The number of aromatic nitrogens is 1. The Morgan fingerprint density at radius 3 is 2.88 bits per heavy atom. The summed E-state index contributed by atoms with van der Waals surface area (Å²) in [5.74, 6) is 0.229. The van der Waals surface area contributed by atoms with E-state index in [0.717, 1.165) is 24.2 Å². The lowest BCUT2D eigenvalue weighted by Gasteiger charge is -2.38. The SMILES string of the molecule is NC(=O)CC1(O)CCCN(Cc2cc(-c3ccc(Cl)cc3)no2)C1. The average molecular weight is 350 g/mol. The Morgan fingerprint density at radius 2 is 2.17 bits per heavy atom. The fourth-order valence-electron chi connectivity index (χ4n) is 3.17. The molecule has 0 radical (unpaired) electrons. The Balaban J connectivity index is 1.66. The molecule has 1 saturated heterocycles. The van der Waals surface area contributed by atoms with Crippen LogP contribution in [0.3, 0.4) is 0 Å². The summed E-state index contributed by atoms with van der Waals surface area (Å²) in [6.07, 6.45) is 1.37. The zero-order valence-electron chi connectivity index (χ0n) is 13.2. The fourth-order valence-corrected chi connectivity index (χ4v) is 3.30. The number of benzene rings is 1. The summed E-state index contributed by atoms with van der Waals surface area (Å²) < 4.78 is 5.40. The number of rotatable bonds is 5. The van der Waals surface area contributed by atoms with Crippen molar-refractivity contribution in [3.05, 3.63) is 41.1 Å². The van der Waals surface area contributed by atoms with E-state index in [1.165, 1.54) is 0 Å². The number of piperidine rings is 1. The van der Waals surface area contributed by atoms with Crippen LogP contribution in [0, 0.1) is 0 Å². The van der Waals surface area contributed by atoms with Gasteiger partial charge >= 0.3 is 0 Å². The fraction of sp³-hybridized carbons (Fsp3) is 0.412. The summed E-state index contributed by atoms with van der Waals surface area (Å²) in [6, 6.07) is 9.26. The third kappa shape index (κ3) is 4.14. The van der Waals surface area contributed by atoms with Gasteiger partial charge in [0, 0.05) is 23.2 Å². The number of hydrogen-bond donors (Lipinski definition) is 2. The summed E-state index contributed by atoms with van der Waals surface area (Å²) >= 11 is 5.89. The molecule has 1 aliphatic rings. The van der Waals surface area contributed by atoms with Crippen LogP contribution in [0.15, 0.2) is 34.9 Å². The highest BCUT2D eigenvalue weighted by molar-refractivity contribution is 6.30. The standard InChI is InChI=1S/C17H20ClN3O3/c18-13-4-2-12(3-5-13)15-8-14(24-20-15)10-21-7-1-6-17(23,11-21)9-16(19)22/h2-5,8,23H,1,6-7,9-11H2,(H2,19,22). The quantitative estimate of drug-likeness (QED) is 0.863. The molecule has 7 heteroatoms. The molecule has 3 rings (SSSR count). The number of β-amino-alcohol motifs (C(OH)–C–C–N with tert-alkyl or cyclic N) is 1. The number of amides is 1. The number of nitrogens with two attached hydrogens (primary N) is 1. The molecule has 0 spiro atoms. The van der Waals surface area contributed by atoms with Crippen molar-refractivity contribution >= 4 is 17.5 Å². The normalized spacial score (nSPS) is 21.8. The smallest absolute Gasteiger partial charge is 0.220 e. The Labute approximate surface area is 145 Å². The van der Waals surface area contributed by atoms with Crippen molar-refractivity contribution in [2.45, 2.75) is 31.4 Å². The maximum atomic E-state index is 11.1. The molecule has 1 aromatic carbocycles. The Morgan fingerprint density at radius 1 is 1.42 bits per heavy atom. The van der Waals surface area contributed by atoms with Gasteiger partial charge in [0.2, 0.25) is 5.91 Å². The van der Waals surface area contributed by atoms with Crippen molar-refractivity contribution in [2.24, 2.45) is 5.73 Å². The summed E-state index contributed by atoms with van der Waals surface area (Å²) in [6.45, 7) is 1.76. The number of halogens is 1. The summed E-state index contributed by atoms with van der Waals surface area (Å²) in [7, 11) is 0. The number of carbonyl (C=O) groups is 1. The number of carbonyl (C=O) groups excluding carboxylic acids is 1. The van der Waals surface area contributed by atoms with Crippen LogP contribution in [0.4, 0.5) is 0 Å². The van der Waals surface area contributed by atoms with Gasteiger partial charge in [-0.1, -0.05) is 28.9 Å². The van der Waals surface area contributed by atoms with Gasteiger partial charge in [-0.2, -0.15) is 0 Å². The molecule has 1 atom stereocenters. The summed E-state index contributed by atoms with van der Waals surface area (Å²) in [5, 5.41) is 15.3. The molecule has 6 nitrogen and oxygen atoms in total. The van der Waals surface area contributed by atoms with Gasteiger partial charge in [-0.15, -0.1) is 0 Å². The monoisotopic (exact) mass is 349 g/mol. The molecule has 0 bridgehead atoms. The van der Waals surface area contributed by atoms with Crippen molar-refractivity contribution < 1.29 is 14.4 Å². The maximum absolute atomic E-state index is 11.1. The lowest BCUT2D eigenvalue weighted by Crippen LogP contribution is -2.49. The van der Waals surface area contributed by atoms with Crippen LogP contribution in [-0.2, 0) is 11.3 Å². The van der Waals surface area contributed by atoms with Gasteiger partial charge < -0.3 is 15.4 Å². The highest BCUT2D eigenvalue weighted by Crippen LogP contribution is 2.27. The van der Waals surface area contributed by atoms with Gasteiger partial charge in [0.15, 0.2) is 5.76 Å². The molecule has 1 amide bonds. The van der Waals surface area contributed by atoms with Gasteiger partial charge in [-0.25, -0.2) is 0 Å². The topological polar surface area (TPSA) is 92.6 Å². The molecule has 1 aliphatic heterocycles. The zero-order valence-corrected chi connectivity index (χ0v) is 14.0. The predicted octanol–water partition coefficient (Wildman–Crippen LogP) is 2.20. The third-order valence-electron chi connectivity index (χ3n) is 4.22. The van der Waals surface area contributed by atoms with Crippen molar-refractivity contribution in [3.63, 3.8) is 0 Å². The molecule has 24 heavy (non-hydrogen) atoms. The van der Waals surface area contributed by atoms with Crippen LogP contribution >= 0.6 is 11.6 Å². The number of hydrogen-bond acceptors (Lipinski definition) is 5. The molecule has 0 saturated carbocycles. The molecule has 1 unspecified atom stereocenters. The first kappa shape index (κ1) is 17.0. The predicted molar refractivity (Wildman–Crippen MR) is 90.2 cm³/mol. The van der Waals surface area contributed by atoms with Gasteiger partial charge in [-0.05, 0) is 31.5 Å². The molecule has 2 heterocycles. The largest absolute Gasteiger partial charge is 0.388 e. The van der Waals surface area contributed by atoms with E-state index in [9.17, 15) is 9.90 Å². The molecule has 2 aromatic rings. The van der Waals surface area contributed by atoms with Crippen molar-refractivity contribution in [1.82, 2.24) is 10.1 Å². The first-order valence-corrected chi connectivity index (χ1v) is 8.26. The van der Waals surface area contributed by atoms with Gasteiger partial charge in [-0.3, -0.25) is 9.69 Å². The minimum atomic E-state index is -1.05. The van der Waals surface area contributed by atoms with E-state index >= 15 is 0 Å². The first-order valence-electron chi connectivity index (χ1n) is 7.88. The van der Waals surface area contributed by atoms with Crippen LogP contribution in [0.25, 0.3) is 11.3 Å². The van der Waals surface area contributed by atoms with Crippen LogP contribution < -0.4 is 5.73 Å². The van der Waals surface area contributed by atoms with Crippen molar-refractivity contribution in [1.29, 1.82) is 0 Å². The molecule has 128 valence electrons. The van der Waals surface area contributed by atoms with Crippen molar-refractivity contribution in [2.75, 3.05) is 13.1 Å². The van der Waals surface area contributed by atoms with E-state index in [0.29, 0.717) is 30.3 Å². The van der Waals surface area contributed by atoms with E-state index in [4.69, 9.17) is 21.9 Å². The van der Waals surface area contributed by atoms with Gasteiger partial charge in [0.05, 0.1) is 18.6 Å². The second-order valence-electron chi connectivity index (χ2n) is 6.37. The second-order valence-corrected chi connectivity index (χ2v) is 6.80. The minimum absolute atomic E-state index is 0.0179. The van der Waals surface area contributed by atoms with E-state index in [1.54, 1.807) is 12.1 Å². The second kappa shape index (κ2) is 6.93. The summed E-state index contributed by atoms with van der Waals surface area (Å²) in [5.41, 5.74) is 5.85. The van der Waals surface area contributed by atoms with E-state index in [-0.39, 0.29) is 6.42 Å². The lowest BCUT2D eigenvalue weighted by molar-refractivity contribution is -0.125. The zero-order chi connectivity index (χ0) is 17.2. The van der Waals surface area contributed by atoms with Crippen LogP contribution in [0.1, 0.15) is 25.0 Å². The number of aliphatic hydroxyl groups is 1. The van der Waals surface area contributed by atoms with E-state index in [2.05, 4.69) is 10.1 Å². The third-order valence-corrected chi connectivity index (χ3v) is 4.47. The molecule has 3 N–H and O–H groups in total. The lowest BCUT2D eigenvalue weighted by atomic mass is 9.89. The average Bonchev–Trinajstić information content (AvgIpc) is 2.95.